The Morgan fingerprint density at radius 2 is 2.00 bits per heavy atom. The molecule has 0 bridgehead atoms. The zero-order valence-corrected chi connectivity index (χ0v) is 14.1. The summed E-state index contributed by atoms with van der Waals surface area (Å²) in [5, 5.41) is 3.79. The topological polar surface area (TPSA) is 41.6 Å². The third-order valence-corrected chi connectivity index (χ3v) is 4.34. The summed E-state index contributed by atoms with van der Waals surface area (Å²) in [6.45, 7) is 5.36. The second kappa shape index (κ2) is 8.51. The number of methoxy groups -OCH3 is 1. The summed E-state index contributed by atoms with van der Waals surface area (Å²) in [6, 6.07) is 8.05. The summed E-state index contributed by atoms with van der Waals surface area (Å²) in [5.74, 6) is 0.288. The van der Waals surface area contributed by atoms with Crippen LogP contribution in [0.4, 0.5) is 0 Å². The van der Waals surface area contributed by atoms with Crippen LogP contribution in [0.5, 0.6) is 0 Å². The zero-order valence-electron chi connectivity index (χ0n) is 13.3. The van der Waals surface area contributed by atoms with E-state index in [2.05, 4.69) is 22.3 Å². The van der Waals surface area contributed by atoms with Gasteiger partial charge in [0.05, 0.1) is 6.61 Å². The van der Waals surface area contributed by atoms with Crippen LogP contribution in [0.2, 0.25) is 5.02 Å². The third kappa shape index (κ3) is 5.27. The number of amides is 1. The molecule has 1 heterocycles. The molecule has 122 valence electrons. The van der Waals surface area contributed by atoms with Crippen molar-refractivity contribution in [2.75, 3.05) is 26.8 Å². The fraction of sp³-hybridized carbons (Fsp3) is 0.588. The highest BCUT2D eigenvalue weighted by Gasteiger charge is 2.25. The van der Waals surface area contributed by atoms with E-state index in [4.69, 9.17) is 16.3 Å². The van der Waals surface area contributed by atoms with Gasteiger partial charge < -0.3 is 10.1 Å². The summed E-state index contributed by atoms with van der Waals surface area (Å²) < 4.78 is 5.05. The van der Waals surface area contributed by atoms with Gasteiger partial charge in [0.1, 0.15) is 0 Å². The molecule has 1 amide bonds. The van der Waals surface area contributed by atoms with Crippen LogP contribution >= 0.6 is 11.6 Å². The molecule has 1 saturated heterocycles. The van der Waals surface area contributed by atoms with Gasteiger partial charge in [0, 0.05) is 30.6 Å². The van der Waals surface area contributed by atoms with Crippen molar-refractivity contribution in [3.63, 3.8) is 0 Å². The van der Waals surface area contributed by atoms with Crippen molar-refractivity contribution in [2.45, 2.75) is 32.4 Å². The van der Waals surface area contributed by atoms with Crippen molar-refractivity contribution in [1.29, 1.82) is 0 Å². The Bertz CT molecular complexity index is 470. The molecule has 0 radical (unpaired) electrons. The maximum absolute atomic E-state index is 12.2. The van der Waals surface area contributed by atoms with Crippen LogP contribution in [0.3, 0.4) is 0 Å². The lowest BCUT2D eigenvalue weighted by molar-refractivity contribution is -0.127. The second-order valence-corrected chi connectivity index (χ2v) is 6.48. The predicted octanol–water partition coefficient (Wildman–Crippen LogP) is 2.70. The largest absolute Gasteiger partial charge is 0.383 e. The van der Waals surface area contributed by atoms with Crippen molar-refractivity contribution >= 4 is 17.5 Å². The van der Waals surface area contributed by atoms with Gasteiger partial charge in [-0.2, -0.15) is 0 Å². The number of piperidine rings is 1. The van der Waals surface area contributed by atoms with E-state index in [0.29, 0.717) is 6.61 Å². The number of ether oxygens (including phenoxy) is 1. The van der Waals surface area contributed by atoms with E-state index in [1.54, 1.807) is 7.11 Å². The molecule has 1 aliphatic rings. The number of benzene rings is 1. The van der Waals surface area contributed by atoms with Crippen LogP contribution in [0.25, 0.3) is 0 Å². The summed E-state index contributed by atoms with van der Waals surface area (Å²) >= 11 is 5.91. The van der Waals surface area contributed by atoms with Crippen LogP contribution < -0.4 is 5.32 Å². The minimum absolute atomic E-state index is 0.0737. The number of likely N-dealkylation sites (tertiary alicyclic amines) is 1. The molecule has 1 atom stereocenters. The van der Waals surface area contributed by atoms with E-state index in [9.17, 15) is 4.79 Å². The molecule has 1 aromatic rings. The summed E-state index contributed by atoms with van der Waals surface area (Å²) in [7, 11) is 1.65. The molecule has 5 heteroatoms. The molecular formula is C17H25ClN2O2. The number of halogens is 1. The summed E-state index contributed by atoms with van der Waals surface area (Å²) in [6.07, 6.45) is 1.83. The van der Waals surface area contributed by atoms with Gasteiger partial charge in [-0.1, -0.05) is 23.7 Å². The Morgan fingerprint density at radius 3 is 2.59 bits per heavy atom. The molecule has 22 heavy (non-hydrogen) atoms. The Balaban J connectivity index is 1.75. The summed E-state index contributed by atoms with van der Waals surface area (Å²) in [5.41, 5.74) is 1.26. The average Bonchev–Trinajstić information content (AvgIpc) is 2.50. The van der Waals surface area contributed by atoms with E-state index in [1.165, 1.54) is 5.56 Å². The van der Waals surface area contributed by atoms with Crippen LogP contribution in [0.1, 0.15) is 25.3 Å². The Morgan fingerprint density at radius 1 is 1.36 bits per heavy atom. The molecular weight excluding hydrogens is 300 g/mol. The van der Waals surface area contributed by atoms with Crippen molar-refractivity contribution < 1.29 is 9.53 Å². The minimum atomic E-state index is 0.0737. The molecule has 1 N–H and O–H groups in total. The molecule has 1 fully saturated rings. The fourth-order valence-electron chi connectivity index (χ4n) is 2.85. The van der Waals surface area contributed by atoms with Gasteiger partial charge in [0.25, 0.3) is 0 Å². The fourth-order valence-corrected chi connectivity index (χ4v) is 2.98. The average molecular weight is 325 g/mol. The number of hydrogen-bond donors (Lipinski definition) is 1. The standard InChI is InChI=1S/C17H25ClN2O2/c1-13(12-22-2)19-17(21)15-7-9-20(10-8-15)11-14-3-5-16(18)6-4-14/h3-6,13,15H,7-12H2,1-2H3,(H,19,21)/t13-/m1/s1. The first-order valence-corrected chi connectivity index (χ1v) is 8.22. The first-order valence-electron chi connectivity index (χ1n) is 7.84. The Hall–Kier alpha value is -1.10. The van der Waals surface area contributed by atoms with Gasteiger partial charge in [0.2, 0.25) is 5.91 Å². The van der Waals surface area contributed by atoms with Gasteiger partial charge >= 0.3 is 0 Å². The van der Waals surface area contributed by atoms with Crippen LogP contribution in [0, 0.1) is 5.92 Å². The lowest BCUT2D eigenvalue weighted by Crippen LogP contribution is -2.44. The minimum Gasteiger partial charge on any atom is -0.383 e. The van der Waals surface area contributed by atoms with Crippen LogP contribution in [-0.4, -0.2) is 43.7 Å². The predicted molar refractivity (Wildman–Crippen MR) is 88.9 cm³/mol. The maximum Gasteiger partial charge on any atom is 0.223 e. The van der Waals surface area contributed by atoms with Crippen LogP contribution in [0.15, 0.2) is 24.3 Å². The third-order valence-electron chi connectivity index (χ3n) is 4.08. The second-order valence-electron chi connectivity index (χ2n) is 6.04. The first-order chi connectivity index (χ1) is 10.6. The van der Waals surface area contributed by atoms with Crippen molar-refractivity contribution in [1.82, 2.24) is 10.2 Å². The van der Waals surface area contributed by atoms with Gasteiger partial charge in [0.15, 0.2) is 0 Å². The highest BCUT2D eigenvalue weighted by atomic mass is 35.5. The SMILES string of the molecule is COC[C@@H](C)NC(=O)C1CCN(Cc2ccc(Cl)cc2)CC1. The van der Waals surface area contributed by atoms with Gasteiger partial charge in [-0.15, -0.1) is 0 Å². The van der Waals surface area contributed by atoms with Crippen molar-refractivity contribution in [3.8, 4) is 0 Å². The van der Waals surface area contributed by atoms with Crippen molar-refractivity contribution in [2.24, 2.45) is 5.92 Å². The number of nitrogens with zero attached hydrogens (tertiary/aromatic N) is 1. The number of carbonyl (C=O) groups is 1. The first kappa shape index (κ1) is 17.3. The lowest BCUT2D eigenvalue weighted by atomic mass is 9.95. The monoisotopic (exact) mass is 324 g/mol. The van der Waals surface area contributed by atoms with E-state index in [-0.39, 0.29) is 17.9 Å². The van der Waals surface area contributed by atoms with E-state index < -0.39 is 0 Å². The molecule has 4 nitrogen and oxygen atoms in total. The van der Waals surface area contributed by atoms with Crippen molar-refractivity contribution in [3.05, 3.63) is 34.9 Å². The molecule has 1 aromatic carbocycles. The zero-order chi connectivity index (χ0) is 15.9. The van der Waals surface area contributed by atoms with E-state index >= 15 is 0 Å². The normalized spacial score (nSPS) is 18.1. The molecule has 0 spiro atoms. The van der Waals surface area contributed by atoms with E-state index in [1.807, 2.05) is 19.1 Å². The maximum atomic E-state index is 12.2. The van der Waals surface area contributed by atoms with Gasteiger partial charge in [-0.05, 0) is 50.6 Å². The lowest BCUT2D eigenvalue weighted by Gasteiger charge is -2.31. The number of nitrogens with one attached hydrogen (secondary N) is 1. The van der Waals surface area contributed by atoms with E-state index in [0.717, 1.165) is 37.5 Å². The van der Waals surface area contributed by atoms with Gasteiger partial charge in [-0.3, -0.25) is 9.69 Å². The molecule has 2 rings (SSSR count). The van der Waals surface area contributed by atoms with Gasteiger partial charge in [-0.25, -0.2) is 0 Å². The quantitative estimate of drug-likeness (QED) is 0.874. The molecule has 1 aliphatic heterocycles. The number of hydrogen-bond acceptors (Lipinski definition) is 3. The molecule has 0 aliphatic carbocycles. The highest BCUT2D eigenvalue weighted by molar-refractivity contribution is 6.30. The number of rotatable bonds is 6. The molecule has 0 unspecified atom stereocenters. The Kier molecular flexibility index (Phi) is 6.68. The smallest absolute Gasteiger partial charge is 0.223 e. The molecule has 0 aromatic heterocycles. The molecule has 0 saturated carbocycles. The highest BCUT2D eigenvalue weighted by Crippen LogP contribution is 2.20. The Labute approximate surface area is 137 Å². The summed E-state index contributed by atoms with van der Waals surface area (Å²) in [4.78, 5) is 14.6. The van der Waals surface area contributed by atoms with Crippen LogP contribution in [-0.2, 0) is 16.1 Å². The number of carbonyl (C=O) groups excluding carboxylic acids is 1.